The van der Waals surface area contributed by atoms with Gasteiger partial charge in [0, 0.05) is 13.1 Å². The van der Waals surface area contributed by atoms with E-state index in [-0.39, 0.29) is 12.1 Å². The van der Waals surface area contributed by atoms with Crippen LogP contribution in [0.2, 0.25) is 0 Å². The summed E-state index contributed by atoms with van der Waals surface area (Å²) < 4.78 is 4.84. The van der Waals surface area contributed by atoms with Crippen LogP contribution in [0.15, 0.2) is 0 Å². The van der Waals surface area contributed by atoms with Gasteiger partial charge >= 0.3 is 6.09 Å². The first-order chi connectivity index (χ1) is 5.74. The van der Waals surface area contributed by atoms with E-state index >= 15 is 0 Å². The van der Waals surface area contributed by atoms with Gasteiger partial charge in [0.1, 0.15) is 0 Å². The maximum Gasteiger partial charge on any atom is 0.409 e. The summed E-state index contributed by atoms with van der Waals surface area (Å²) in [5.41, 5.74) is 7.43. The fourth-order valence-electron chi connectivity index (χ4n) is 1.28. The van der Waals surface area contributed by atoms with Crippen molar-refractivity contribution < 1.29 is 9.53 Å². The summed E-state index contributed by atoms with van der Waals surface area (Å²) in [5, 5.41) is 0. The number of nitrogens with zero attached hydrogens (tertiary/aromatic N) is 1. The lowest BCUT2D eigenvalue weighted by Crippen LogP contribution is -2.39. The largest absolute Gasteiger partial charge is 0.675 e. The van der Waals surface area contributed by atoms with Crippen LogP contribution in [-0.2, 0) is 4.74 Å². The molecule has 0 aromatic carbocycles. The van der Waals surface area contributed by atoms with Gasteiger partial charge in [-0.2, -0.15) is 0 Å². The molecule has 4 heteroatoms. The molecular formula is C8H15N2O2-. The Labute approximate surface area is 72.7 Å². The lowest BCUT2D eigenvalue weighted by Gasteiger charge is -2.33. The number of likely N-dealkylation sites (tertiary alicyclic amines) is 1. The average Bonchev–Trinajstić information content (AvgIpc) is 2.06. The summed E-state index contributed by atoms with van der Waals surface area (Å²) in [5.74, 6) is 0. The van der Waals surface area contributed by atoms with Gasteiger partial charge in [-0.3, -0.25) is 0 Å². The van der Waals surface area contributed by atoms with Crippen LogP contribution in [0.3, 0.4) is 0 Å². The maximum absolute atomic E-state index is 11.1. The van der Waals surface area contributed by atoms with Gasteiger partial charge in [0.05, 0.1) is 6.61 Å². The molecule has 0 spiro atoms. The lowest BCUT2D eigenvalue weighted by molar-refractivity contribution is 0.0991. The zero-order valence-corrected chi connectivity index (χ0v) is 7.38. The number of hydrogen-bond acceptors (Lipinski definition) is 2. The Bertz CT molecular complexity index is 153. The van der Waals surface area contributed by atoms with E-state index in [0.29, 0.717) is 19.7 Å². The summed E-state index contributed by atoms with van der Waals surface area (Å²) in [6.45, 7) is 3.58. The third kappa shape index (κ3) is 2.37. The minimum absolute atomic E-state index is 0.00989. The molecule has 1 rings (SSSR count). The first kappa shape index (κ1) is 9.32. The van der Waals surface area contributed by atoms with Crippen LogP contribution in [0, 0.1) is 0 Å². The highest BCUT2D eigenvalue weighted by Crippen LogP contribution is 2.12. The Balaban J connectivity index is 2.29. The van der Waals surface area contributed by atoms with Crippen molar-refractivity contribution in [2.45, 2.75) is 25.8 Å². The molecule has 1 aliphatic heterocycles. The molecule has 1 amide bonds. The number of rotatable bonds is 1. The fraction of sp³-hybridized carbons (Fsp3) is 0.875. The molecule has 4 nitrogen and oxygen atoms in total. The highest BCUT2D eigenvalue weighted by molar-refractivity contribution is 5.67. The van der Waals surface area contributed by atoms with E-state index in [9.17, 15) is 4.79 Å². The standard InChI is InChI=1S/C8H15N2O2/c1-2-12-8(11)10-5-3-7(9)4-6-10/h7,9H,2-6H2,1H3/q-1. The number of ether oxygens (including phenoxy) is 1. The number of nitrogens with one attached hydrogen (secondary N) is 1. The van der Waals surface area contributed by atoms with Gasteiger partial charge in [0.25, 0.3) is 0 Å². The smallest absolute Gasteiger partial charge is 0.409 e. The summed E-state index contributed by atoms with van der Waals surface area (Å²) in [6.07, 6.45) is 1.32. The molecule has 1 saturated heterocycles. The van der Waals surface area contributed by atoms with Crippen LogP contribution in [0.5, 0.6) is 0 Å². The minimum Gasteiger partial charge on any atom is -0.675 e. The van der Waals surface area contributed by atoms with Gasteiger partial charge in [0.15, 0.2) is 0 Å². The van der Waals surface area contributed by atoms with Crippen LogP contribution in [-0.4, -0.2) is 36.7 Å². The van der Waals surface area contributed by atoms with Crippen molar-refractivity contribution in [1.29, 1.82) is 0 Å². The Hall–Kier alpha value is -0.770. The van der Waals surface area contributed by atoms with Crippen molar-refractivity contribution in [3.05, 3.63) is 5.73 Å². The van der Waals surface area contributed by atoms with E-state index in [2.05, 4.69) is 0 Å². The third-order valence-electron chi connectivity index (χ3n) is 2.02. The van der Waals surface area contributed by atoms with Crippen molar-refractivity contribution in [2.75, 3.05) is 19.7 Å². The highest BCUT2D eigenvalue weighted by Gasteiger charge is 2.18. The topological polar surface area (TPSA) is 53.3 Å². The van der Waals surface area contributed by atoms with E-state index in [1.807, 2.05) is 0 Å². The second-order valence-corrected chi connectivity index (χ2v) is 2.96. The van der Waals surface area contributed by atoms with Crippen LogP contribution in [0.1, 0.15) is 19.8 Å². The number of piperidine rings is 1. The second kappa shape index (κ2) is 4.30. The normalized spacial score (nSPS) is 19.3. The second-order valence-electron chi connectivity index (χ2n) is 2.96. The van der Waals surface area contributed by atoms with Crippen LogP contribution >= 0.6 is 0 Å². The SMILES string of the molecule is CCOC(=O)N1CCC([NH-])CC1. The van der Waals surface area contributed by atoms with E-state index in [1.165, 1.54) is 0 Å². The molecule has 1 fully saturated rings. The molecule has 1 N–H and O–H groups in total. The molecule has 0 aliphatic carbocycles. The average molecular weight is 171 g/mol. The molecule has 0 aromatic heterocycles. The molecule has 12 heavy (non-hydrogen) atoms. The van der Waals surface area contributed by atoms with Crippen molar-refractivity contribution in [3.8, 4) is 0 Å². The van der Waals surface area contributed by atoms with Crippen molar-refractivity contribution in [1.82, 2.24) is 4.90 Å². The van der Waals surface area contributed by atoms with E-state index in [1.54, 1.807) is 11.8 Å². The van der Waals surface area contributed by atoms with Crippen molar-refractivity contribution >= 4 is 6.09 Å². The summed E-state index contributed by atoms with van der Waals surface area (Å²) in [4.78, 5) is 12.8. The minimum atomic E-state index is -0.232. The summed E-state index contributed by atoms with van der Waals surface area (Å²) in [7, 11) is 0. The summed E-state index contributed by atoms with van der Waals surface area (Å²) >= 11 is 0. The number of amides is 1. The van der Waals surface area contributed by atoms with E-state index in [0.717, 1.165) is 12.8 Å². The molecule has 70 valence electrons. The van der Waals surface area contributed by atoms with Gasteiger partial charge in [-0.25, -0.2) is 4.79 Å². The number of carbonyl (C=O) groups is 1. The summed E-state index contributed by atoms with van der Waals surface area (Å²) in [6, 6.07) is 0.00989. The molecule has 1 aliphatic rings. The van der Waals surface area contributed by atoms with Crippen molar-refractivity contribution in [3.63, 3.8) is 0 Å². The van der Waals surface area contributed by atoms with Gasteiger partial charge in [0.2, 0.25) is 0 Å². The Morgan fingerprint density at radius 2 is 2.17 bits per heavy atom. The number of hydrogen-bond donors (Lipinski definition) is 0. The lowest BCUT2D eigenvalue weighted by atomic mass is 10.1. The van der Waals surface area contributed by atoms with Crippen LogP contribution in [0.4, 0.5) is 4.79 Å². The van der Waals surface area contributed by atoms with Gasteiger partial charge in [-0.15, -0.1) is 6.04 Å². The van der Waals surface area contributed by atoms with E-state index in [4.69, 9.17) is 10.5 Å². The zero-order valence-electron chi connectivity index (χ0n) is 7.38. The predicted molar refractivity (Wildman–Crippen MR) is 45.9 cm³/mol. The van der Waals surface area contributed by atoms with Gasteiger partial charge in [-0.05, 0) is 6.92 Å². The highest BCUT2D eigenvalue weighted by atomic mass is 16.6. The molecule has 0 atom stereocenters. The Morgan fingerprint density at radius 3 is 2.67 bits per heavy atom. The fourth-order valence-corrected chi connectivity index (χ4v) is 1.28. The zero-order chi connectivity index (χ0) is 8.97. The molecule has 0 aromatic rings. The molecular weight excluding hydrogens is 156 g/mol. The predicted octanol–water partition coefficient (Wildman–Crippen LogP) is 1.66. The van der Waals surface area contributed by atoms with Crippen molar-refractivity contribution in [2.24, 2.45) is 0 Å². The number of carbonyl (C=O) groups excluding carboxylic acids is 1. The first-order valence-electron chi connectivity index (χ1n) is 4.37. The molecule has 0 radical (unpaired) electrons. The van der Waals surface area contributed by atoms with Crippen LogP contribution < -0.4 is 0 Å². The Morgan fingerprint density at radius 1 is 1.58 bits per heavy atom. The Kier molecular flexibility index (Phi) is 3.34. The van der Waals surface area contributed by atoms with E-state index < -0.39 is 0 Å². The monoisotopic (exact) mass is 171 g/mol. The molecule has 0 bridgehead atoms. The van der Waals surface area contributed by atoms with Crippen LogP contribution in [0.25, 0.3) is 5.73 Å². The molecule has 0 unspecified atom stereocenters. The van der Waals surface area contributed by atoms with Gasteiger partial charge < -0.3 is 15.4 Å². The molecule has 0 saturated carbocycles. The maximum atomic E-state index is 11.1. The third-order valence-corrected chi connectivity index (χ3v) is 2.02. The first-order valence-corrected chi connectivity index (χ1v) is 4.37. The van der Waals surface area contributed by atoms with Gasteiger partial charge in [-0.1, -0.05) is 12.8 Å². The molecule has 1 heterocycles. The quantitative estimate of drug-likeness (QED) is 0.602.